The number of anilines is 2. The van der Waals surface area contributed by atoms with Gasteiger partial charge in [-0.25, -0.2) is 0 Å². The maximum atomic E-state index is 12.6. The molecule has 1 aliphatic rings. The molecular formula is C18H20BrN7O2. The van der Waals surface area contributed by atoms with Gasteiger partial charge < -0.3 is 0 Å². The summed E-state index contributed by atoms with van der Waals surface area (Å²) in [5, 5.41) is 17.6. The number of rotatable bonds is 5. The van der Waals surface area contributed by atoms with Gasteiger partial charge in [-0.1, -0.05) is 29.8 Å². The lowest BCUT2D eigenvalue weighted by molar-refractivity contribution is -0.122. The fraction of sp³-hybridized carbons (Fsp3) is 0.389. The van der Waals surface area contributed by atoms with Crippen molar-refractivity contribution < 1.29 is 9.59 Å². The molecule has 0 unspecified atom stereocenters. The van der Waals surface area contributed by atoms with Crippen LogP contribution in [-0.2, 0) is 16.0 Å². The van der Waals surface area contributed by atoms with Gasteiger partial charge >= 0.3 is 0 Å². The van der Waals surface area contributed by atoms with E-state index < -0.39 is 5.92 Å². The van der Waals surface area contributed by atoms with E-state index in [1.165, 1.54) is 0 Å². The standard InChI is InChI=1S/C18H20BrN7O2/c1-9(2)5-14-20-18(25-23-14)21-17(28)10-6-15(27)26(8-10)16-12-4-3-11(19)7-13(12)22-24-16/h3-4,7,9-10H,5-6,8H2,1-2H3,(H,22,24)(H2,20,21,23,25,28)/t10-/m1/s1. The Morgan fingerprint density at radius 3 is 2.96 bits per heavy atom. The maximum Gasteiger partial charge on any atom is 0.248 e. The van der Waals surface area contributed by atoms with E-state index >= 15 is 0 Å². The number of halogens is 1. The predicted octanol–water partition coefficient (Wildman–Crippen LogP) is 2.63. The fourth-order valence-corrected chi connectivity index (χ4v) is 3.67. The number of benzene rings is 1. The number of hydrogen-bond acceptors (Lipinski definition) is 5. The number of amides is 2. The summed E-state index contributed by atoms with van der Waals surface area (Å²) in [5.41, 5.74) is 0.823. The molecule has 1 aromatic carbocycles. The first-order chi connectivity index (χ1) is 13.4. The number of H-pyrrole nitrogens is 2. The molecule has 9 nitrogen and oxygen atoms in total. The summed E-state index contributed by atoms with van der Waals surface area (Å²) in [5.74, 6) is 1.05. The van der Waals surface area contributed by atoms with Gasteiger partial charge in [0.25, 0.3) is 0 Å². The number of hydrogen-bond donors (Lipinski definition) is 3. The van der Waals surface area contributed by atoms with E-state index in [1.54, 1.807) is 4.90 Å². The summed E-state index contributed by atoms with van der Waals surface area (Å²) in [7, 11) is 0. The van der Waals surface area contributed by atoms with E-state index in [0.29, 0.717) is 11.7 Å². The largest absolute Gasteiger partial charge is 0.294 e. The summed E-state index contributed by atoms with van der Waals surface area (Å²) in [6.07, 6.45) is 0.876. The van der Waals surface area contributed by atoms with E-state index in [2.05, 4.69) is 60.5 Å². The number of carbonyl (C=O) groups is 2. The Balaban J connectivity index is 1.46. The van der Waals surface area contributed by atoms with Crippen molar-refractivity contribution in [3.63, 3.8) is 0 Å². The molecular weight excluding hydrogens is 426 g/mol. The average molecular weight is 446 g/mol. The number of aromatic nitrogens is 5. The highest BCUT2D eigenvalue weighted by Crippen LogP contribution is 2.31. The zero-order chi connectivity index (χ0) is 19.8. The van der Waals surface area contributed by atoms with Gasteiger partial charge in [0.1, 0.15) is 5.82 Å². The molecule has 10 heteroatoms. The molecule has 0 aliphatic carbocycles. The van der Waals surface area contributed by atoms with Crippen LogP contribution < -0.4 is 10.2 Å². The van der Waals surface area contributed by atoms with E-state index in [9.17, 15) is 9.59 Å². The molecule has 1 fully saturated rings. The lowest BCUT2D eigenvalue weighted by atomic mass is 10.1. The van der Waals surface area contributed by atoms with Crippen LogP contribution in [0.5, 0.6) is 0 Å². The Morgan fingerprint density at radius 2 is 2.18 bits per heavy atom. The van der Waals surface area contributed by atoms with Crippen LogP contribution in [0.1, 0.15) is 26.1 Å². The van der Waals surface area contributed by atoms with Gasteiger partial charge in [0.15, 0.2) is 5.82 Å². The minimum absolute atomic E-state index is 0.125. The van der Waals surface area contributed by atoms with Crippen molar-refractivity contribution in [2.45, 2.75) is 26.7 Å². The Labute approximate surface area is 169 Å². The van der Waals surface area contributed by atoms with Crippen molar-refractivity contribution in [3.05, 3.63) is 28.5 Å². The lowest BCUT2D eigenvalue weighted by Crippen LogP contribution is -2.28. The summed E-state index contributed by atoms with van der Waals surface area (Å²) in [4.78, 5) is 31.0. The number of nitrogens with one attached hydrogen (secondary N) is 3. The summed E-state index contributed by atoms with van der Waals surface area (Å²) < 4.78 is 0.920. The van der Waals surface area contributed by atoms with Crippen molar-refractivity contribution in [2.24, 2.45) is 11.8 Å². The normalized spacial score (nSPS) is 17.1. The van der Waals surface area contributed by atoms with Gasteiger partial charge in [0.2, 0.25) is 17.8 Å². The quantitative estimate of drug-likeness (QED) is 0.557. The molecule has 0 spiro atoms. The van der Waals surface area contributed by atoms with E-state index in [0.717, 1.165) is 27.6 Å². The van der Waals surface area contributed by atoms with Crippen LogP contribution in [0.15, 0.2) is 22.7 Å². The third-order valence-corrected chi connectivity index (χ3v) is 5.12. The first-order valence-electron chi connectivity index (χ1n) is 9.07. The second-order valence-corrected chi connectivity index (χ2v) is 8.25. The van der Waals surface area contributed by atoms with Gasteiger partial charge in [-0.2, -0.15) is 10.1 Å². The first-order valence-corrected chi connectivity index (χ1v) is 9.86. The lowest BCUT2D eigenvalue weighted by Gasteiger charge is -2.13. The zero-order valence-electron chi connectivity index (χ0n) is 15.5. The second-order valence-electron chi connectivity index (χ2n) is 7.34. The molecule has 3 heterocycles. The van der Waals surface area contributed by atoms with E-state index in [1.807, 2.05) is 18.2 Å². The number of fused-ring (bicyclic) bond motifs is 1. The SMILES string of the molecule is CC(C)Cc1nc(NC(=O)[C@@H]2CC(=O)N(c3n[nH]c4cc(Br)ccc34)C2)n[nH]1. The molecule has 3 N–H and O–H groups in total. The molecule has 2 aromatic heterocycles. The highest BCUT2D eigenvalue weighted by molar-refractivity contribution is 9.10. The van der Waals surface area contributed by atoms with Gasteiger partial charge in [0, 0.05) is 29.2 Å². The Morgan fingerprint density at radius 1 is 1.36 bits per heavy atom. The second kappa shape index (κ2) is 7.34. The molecule has 0 bridgehead atoms. The molecule has 2 amide bonds. The Kier molecular flexibility index (Phi) is 4.88. The number of aromatic amines is 2. The minimum atomic E-state index is -0.484. The van der Waals surface area contributed by atoms with Crippen LogP contribution >= 0.6 is 15.9 Å². The van der Waals surface area contributed by atoms with Crippen molar-refractivity contribution in [1.29, 1.82) is 0 Å². The van der Waals surface area contributed by atoms with Crippen LogP contribution in [-0.4, -0.2) is 43.7 Å². The van der Waals surface area contributed by atoms with Crippen LogP contribution in [0.4, 0.5) is 11.8 Å². The van der Waals surface area contributed by atoms with E-state index in [-0.39, 0.29) is 30.7 Å². The summed E-state index contributed by atoms with van der Waals surface area (Å²) in [6, 6.07) is 5.68. The number of nitrogens with zero attached hydrogens (tertiary/aromatic N) is 4. The van der Waals surface area contributed by atoms with Crippen LogP contribution in [0.25, 0.3) is 10.9 Å². The smallest absolute Gasteiger partial charge is 0.248 e. The van der Waals surface area contributed by atoms with Crippen molar-refractivity contribution in [2.75, 3.05) is 16.8 Å². The fourth-order valence-electron chi connectivity index (χ4n) is 3.31. The third-order valence-electron chi connectivity index (χ3n) is 4.62. The van der Waals surface area contributed by atoms with Crippen LogP contribution in [0.3, 0.4) is 0 Å². The monoisotopic (exact) mass is 445 g/mol. The topological polar surface area (TPSA) is 120 Å². The summed E-state index contributed by atoms with van der Waals surface area (Å²) in [6.45, 7) is 4.43. The minimum Gasteiger partial charge on any atom is -0.294 e. The molecule has 146 valence electrons. The van der Waals surface area contributed by atoms with Gasteiger partial charge in [-0.15, -0.1) is 5.10 Å². The third kappa shape index (κ3) is 3.64. The van der Waals surface area contributed by atoms with Crippen molar-refractivity contribution in [3.8, 4) is 0 Å². The Hall–Kier alpha value is -2.75. The van der Waals surface area contributed by atoms with Gasteiger partial charge in [-0.3, -0.25) is 30.0 Å². The predicted molar refractivity (Wildman–Crippen MR) is 108 cm³/mol. The molecule has 0 radical (unpaired) electrons. The van der Waals surface area contributed by atoms with Crippen LogP contribution in [0.2, 0.25) is 0 Å². The first kappa shape index (κ1) is 18.6. The molecule has 3 aromatic rings. The molecule has 1 aliphatic heterocycles. The van der Waals surface area contributed by atoms with Gasteiger partial charge in [0.05, 0.1) is 11.4 Å². The van der Waals surface area contributed by atoms with Crippen LogP contribution in [0, 0.1) is 11.8 Å². The summed E-state index contributed by atoms with van der Waals surface area (Å²) >= 11 is 3.42. The van der Waals surface area contributed by atoms with E-state index in [4.69, 9.17) is 0 Å². The average Bonchev–Trinajstić information content (AvgIpc) is 3.32. The van der Waals surface area contributed by atoms with Crippen molar-refractivity contribution >= 4 is 50.4 Å². The zero-order valence-corrected chi connectivity index (χ0v) is 17.1. The Bertz CT molecular complexity index is 1040. The molecule has 4 rings (SSSR count). The van der Waals surface area contributed by atoms with Crippen molar-refractivity contribution in [1.82, 2.24) is 25.4 Å². The molecule has 0 saturated carbocycles. The maximum absolute atomic E-state index is 12.6. The number of carbonyl (C=O) groups excluding carboxylic acids is 2. The highest BCUT2D eigenvalue weighted by Gasteiger charge is 2.37. The highest BCUT2D eigenvalue weighted by atomic mass is 79.9. The molecule has 1 atom stereocenters. The van der Waals surface area contributed by atoms with Gasteiger partial charge in [-0.05, 0) is 24.1 Å². The molecule has 28 heavy (non-hydrogen) atoms. The molecule has 1 saturated heterocycles.